The van der Waals surface area contributed by atoms with Crippen LogP contribution in [0.15, 0.2) is 71.9 Å². The number of rotatable bonds is 2. The molecule has 1 saturated carbocycles. The third-order valence-corrected chi connectivity index (χ3v) is 6.85. The predicted octanol–water partition coefficient (Wildman–Crippen LogP) is 4.52. The van der Waals surface area contributed by atoms with Crippen molar-refractivity contribution in [2.45, 2.75) is 12.8 Å². The molecule has 1 heterocycles. The molecule has 2 fully saturated rings. The number of benzene rings is 3. The van der Waals surface area contributed by atoms with E-state index in [1.807, 2.05) is 24.3 Å². The predicted molar refractivity (Wildman–Crippen MR) is 113 cm³/mol. The van der Waals surface area contributed by atoms with Gasteiger partial charge in [0.05, 0.1) is 18.1 Å². The molecule has 3 aliphatic carbocycles. The van der Waals surface area contributed by atoms with Gasteiger partial charge in [-0.1, -0.05) is 60.7 Å². The van der Waals surface area contributed by atoms with Crippen molar-refractivity contribution in [2.24, 2.45) is 28.8 Å². The van der Waals surface area contributed by atoms with Crippen molar-refractivity contribution in [3.8, 4) is 0 Å². The average Bonchev–Trinajstić information content (AvgIpc) is 3.04. The maximum atomic E-state index is 13.0. The van der Waals surface area contributed by atoms with Crippen molar-refractivity contribution >= 4 is 39.6 Å². The Morgan fingerprint density at radius 1 is 0.793 bits per heavy atom. The van der Waals surface area contributed by atoms with E-state index in [-0.39, 0.29) is 35.5 Å². The van der Waals surface area contributed by atoms with Gasteiger partial charge in [-0.05, 0) is 52.3 Å². The molecule has 4 heteroatoms. The summed E-state index contributed by atoms with van der Waals surface area (Å²) in [5, 5.41) is 9.95. The molecule has 0 aromatic heterocycles. The standard InChI is InChI=1S/C25H20N2O2/c28-24-22-15-9-10-16(12-11-15)23(22)25(29)27(24)26-14-21-19-7-3-1-5-17(19)13-18-6-2-4-8-20(18)21/h1-10,13-16,22-23H,11-12H2/b26-14-/t15-,16+,22-,23-/m0/s1. The Morgan fingerprint density at radius 3 is 1.83 bits per heavy atom. The molecule has 4 atom stereocenters. The largest absolute Gasteiger partial charge is 0.272 e. The van der Waals surface area contributed by atoms with Gasteiger partial charge in [0, 0.05) is 5.56 Å². The van der Waals surface area contributed by atoms with Crippen molar-refractivity contribution in [1.29, 1.82) is 0 Å². The van der Waals surface area contributed by atoms with Gasteiger partial charge in [0.25, 0.3) is 11.8 Å². The molecule has 4 nitrogen and oxygen atoms in total. The molecule has 1 saturated heterocycles. The minimum atomic E-state index is -0.229. The van der Waals surface area contributed by atoms with Gasteiger partial charge in [0.2, 0.25) is 0 Å². The Labute approximate surface area is 168 Å². The number of hydrogen-bond donors (Lipinski definition) is 0. The summed E-state index contributed by atoms with van der Waals surface area (Å²) in [4.78, 5) is 26.1. The van der Waals surface area contributed by atoms with Gasteiger partial charge >= 0.3 is 0 Å². The zero-order valence-electron chi connectivity index (χ0n) is 15.9. The molecule has 2 bridgehead atoms. The summed E-state index contributed by atoms with van der Waals surface area (Å²) in [6.45, 7) is 0. The summed E-state index contributed by atoms with van der Waals surface area (Å²) in [7, 11) is 0. The first-order valence-electron chi connectivity index (χ1n) is 10.2. The van der Waals surface area contributed by atoms with Crippen LogP contribution in [0.25, 0.3) is 21.5 Å². The molecule has 0 N–H and O–H groups in total. The summed E-state index contributed by atoms with van der Waals surface area (Å²) in [6, 6.07) is 18.4. The lowest BCUT2D eigenvalue weighted by Gasteiger charge is -2.37. The molecule has 3 aromatic carbocycles. The van der Waals surface area contributed by atoms with Crippen molar-refractivity contribution < 1.29 is 9.59 Å². The molecule has 4 aliphatic rings. The molecule has 142 valence electrons. The van der Waals surface area contributed by atoms with Crippen molar-refractivity contribution in [3.63, 3.8) is 0 Å². The molecule has 7 rings (SSSR count). The van der Waals surface area contributed by atoms with Crippen molar-refractivity contribution in [2.75, 3.05) is 0 Å². The highest BCUT2D eigenvalue weighted by Crippen LogP contribution is 2.49. The molecule has 0 unspecified atom stereocenters. The van der Waals surface area contributed by atoms with Crippen molar-refractivity contribution in [3.05, 3.63) is 72.3 Å². The van der Waals surface area contributed by atoms with Crippen LogP contribution in [0.4, 0.5) is 0 Å². The van der Waals surface area contributed by atoms with Gasteiger partial charge in [-0.2, -0.15) is 10.1 Å². The second-order valence-electron chi connectivity index (χ2n) is 8.31. The Balaban J connectivity index is 1.45. The van der Waals surface area contributed by atoms with Crippen LogP contribution in [0.3, 0.4) is 0 Å². The molecular formula is C25H20N2O2. The fourth-order valence-corrected chi connectivity index (χ4v) is 5.48. The van der Waals surface area contributed by atoms with E-state index in [1.165, 1.54) is 0 Å². The molecule has 1 aliphatic heterocycles. The molecule has 29 heavy (non-hydrogen) atoms. The molecular weight excluding hydrogens is 360 g/mol. The normalized spacial score (nSPS) is 28.2. The van der Waals surface area contributed by atoms with Gasteiger partial charge in [-0.3, -0.25) is 9.59 Å². The van der Waals surface area contributed by atoms with Crippen LogP contribution in [-0.4, -0.2) is 23.0 Å². The molecule has 0 radical (unpaired) electrons. The SMILES string of the molecule is O=C1[C@@H]2[C@@H](C(=O)N1/N=C\c1c3ccccc3cc3ccccc13)[C@H]1C=C[C@@H]2CC1. The number of imide groups is 1. The van der Waals surface area contributed by atoms with Gasteiger partial charge in [0.1, 0.15) is 0 Å². The third-order valence-electron chi connectivity index (χ3n) is 6.85. The van der Waals surface area contributed by atoms with E-state index in [4.69, 9.17) is 0 Å². The van der Waals surface area contributed by atoms with E-state index < -0.39 is 0 Å². The number of fused-ring (bicyclic) bond motifs is 3. The molecule has 3 aromatic rings. The maximum absolute atomic E-state index is 13.0. The van der Waals surface area contributed by atoms with Gasteiger partial charge in [-0.15, -0.1) is 0 Å². The van der Waals surface area contributed by atoms with Crippen LogP contribution in [0.5, 0.6) is 0 Å². The fourth-order valence-electron chi connectivity index (χ4n) is 5.48. The highest BCUT2D eigenvalue weighted by atomic mass is 16.2. The monoisotopic (exact) mass is 380 g/mol. The van der Waals surface area contributed by atoms with Crippen LogP contribution in [0.2, 0.25) is 0 Å². The smallest absolute Gasteiger partial charge is 0.254 e. The summed E-state index contributed by atoms with van der Waals surface area (Å²) < 4.78 is 0. The lowest BCUT2D eigenvalue weighted by Crippen LogP contribution is -2.38. The van der Waals surface area contributed by atoms with Gasteiger partial charge < -0.3 is 0 Å². The minimum absolute atomic E-state index is 0.139. The Morgan fingerprint density at radius 2 is 1.31 bits per heavy atom. The number of amides is 2. The Kier molecular flexibility index (Phi) is 3.51. The minimum Gasteiger partial charge on any atom is -0.272 e. The van der Waals surface area contributed by atoms with Crippen LogP contribution in [-0.2, 0) is 9.59 Å². The van der Waals surface area contributed by atoms with E-state index in [2.05, 4.69) is 47.6 Å². The third kappa shape index (κ3) is 2.35. The second kappa shape index (κ2) is 6.11. The van der Waals surface area contributed by atoms with Crippen LogP contribution >= 0.6 is 0 Å². The Bertz CT molecular complexity index is 1160. The number of allylic oxidation sites excluding steroid dienone is 2. The number of carbonyl (C=O) groups excluding carboxylic acids is 2. The fraction of sp³-hybridized carbons (Fsp3) is 0.240. The lowest BCUT2D eigenvalue weighted by atomic mass is 9.63. The Hall–Kier alpha value is -3.27. The van der Waals surface area contributed by atoms with Crippen LogP contribution < -0.4 is 0 Å². The molecule has 0 spiro atoms. The van der Waals surface area contributed by atoms with E-state index >= 15 is 0 Å². The molecule has 2 amide bonds. The van der Waals surface area contributed by atoms with Gasteiger partial charge in [-0.25, -0.2) is 0 Å². The number of carbonyl (C=O) groups is 2. The quantitative estimate of drug-likeness (QED) is 0.284. The van der Waals surface area contributed by atoms with Crippen molar-refractivity contribution in [1.82, 2.24) is 5.01 Å². The van der Waals surface area contributed by atoms with E-state index in [0.717, 1.165) is 45.0 Å². The summed E-state index contributed by atoms with van der Waals surface area (Å²) in [5.74, 6) is -0.375. The summed E-state index contributed by atoms with van der Waals surface area (Å²) in [6.07, 6.45) is 7.95. The van der Waals surface area contributed by atoms with E-state index in [1.54, 1.807) is 6.21 Å². The first kappa shape index (κ1) is 16.7. The first-order chi connectivity index (χ1) is 14.2. The maximum Gasteiger partial charge on any atom is 0.254 e. The number of nitrogens with zero attached hydrogens (tertiary/aromatic N) is 2. The zero-order valence-corrected chi connectivity index (χ0v) is 15.9. The zero-order chi connectivity index (χ0) is 19.5. The summed E-state index contributed by atoms with van der Waals surface area (Å²) >= 11 is 0. The topological polar surface area (TPSA) is 49.7 Å². The van der Waals surface area contributed by atoms with Gasteiger partial charge in [0.15, 0.2) is 0 Å². The summed E-state index contributed by atoms with van der Waals surface area (Å²) in [5.41, 5.74) is 0.940. The van der Waals surface area contributed by atoms with Crippen LogP contribution in [0, 0.1) is 23.7 Å². The number of hydrazone groups is 1. The van der Waals surface area contributed by atoms with E-state index in [9.17, 15) is 9.59 Å². The highest BCUT2D eigenvalue weighted by molar-refractivity contribution is 6.14. The van der Waals surface area contributed by atoms with E-state index in [0.29, 0.717) is 0 Å². The van der Waals surface area contributed by atoms with Crippen LogP contribution in [0.1, 0.15) is 18.4 Å². The average molecular weight is 380 g/mol. The lowest BCUT2D eigenvalue weighted by molar-refractivity contribution is -0.140. The second-order valence-corrected chi connectivity index (χ2v) is 8.31. The first-order valence-corrected chi connectivity index (χ1v) is 10.2. The highest BCUT2D eigenvalue weighted by Gasteiger charge is 2.56. The number of hydrogen-bond acceptors (Lipinski definition) is 3.